The van der Waals surface area contributed by atoms with E-state index >= 15 is 0 Å². The summed E-state index contributed by atoms with van der Waals surface area (Å²) in [6.07, 6.45) is -0.548. The molecule has 3 aromatic carbocycles. The van der Waals surface area contributed by atoms with Crippen molar-refractivity contribution < 1.29 is 19.4 Å². The molecule has 5 rings (SSSR count). The van der Waals surface area contributed by atoms with Gasteiger partial charge < -0.3 is 25.4 Å². The van der Waals surface area contributed by atoms with E-state index in [9.17, 15) is 14.7 Å². The Morgan fingerprint density at radius 1 is 1.05 bits per heavy atom. The highest BCUT2D eigenvalue weighted by molar-refractivity contribution is 5.82. The SMILES string of the molecule is Cn1nnc2cc(CNC(O)C3CN(C(=O)Oc4ccccc4)CCN3C(=O)C(N)CCc3ccccc3)ccc21. The Bertz CT molecular complexity index is 1460. The molecule has 3 unspecified atom stereocenters. The molecule has 1 aliphatic rings. The van der Waals surface area contributed by atoms with Crippen LogP contribution in [-0.4, -0.2) is 79.8 Å². The average molecular weight is 558 g/mol. The van der Waals surface area contributed by atoms with Crippen LogP contribution in [0.1, 0.15) is 17.5 Å². The first-order chi connectivity index (χ1) is 19.9. The molecule has 41 heavy (non-hydrogen) atoms. The fourth-order valence-electron chi connectivity index (χ4n) is 5.03. The average Bonchev–Trinajstić information content (AvgIpc) is 3.38. The number of benzene rings is 3. The van der Waals surface area contributed by atoms with Crippen molar-refractivity contribution in [2.45, 2.75) is 37.7 Å². The van der Waals surface area contributed by atoms with Crippen molar-refractivity contribution in [3.05, 3.63) is 90.0 Å². The summed E-state index contributed by atoms with van der Waals surface area (Å²) in [6, 6.07) is 22.9. The van der Waals surface area contributed by atoms with Gasteiger partial charge in [0.15, 0.2) is 0 Å². The molecule has 1 aromatic heterocycles. The number of aliphatic hydroxyl groups excluding tert-OH is 1. The van der Waals surface area contributed by atoms with Crippen LogP contribution in [-0.2, 0) is 24.8 Å². The maximum absolute atomic E-state index is 13.5. The lowest BCUT2D eigenvalue weighted by atomic mass is 10.0. The molecule has 1 saturated heterocycles. The second-order valence-electron chi connectivity index (χ2n) is 10.2. The number of carbonyl (C=O) groups excluding carboxylic acids is 2. The van der Waals surface area contributed by atoms with E-state index in [4.69, 9.17) is 10.5 Å². The first-order valence-electron chi connectivity index (χ1n) is 13.7. The first-order valence-corrected chi connectivity index (χ1v) is 13.7. The monoisotopic (exact) mass is 557 g/mol. The van der Waals surface area contributed by atoms with Gasteiger partial charge in [-0.05, 0) is 48.2 Å². The van der Waals surface area contributed by atoms with Crippen LogP contribution < -0.4 is 15.8 Å². The van der Waals surface area contributed by atoms with Crippen molar-refractivity contribution in [1.29, 1.82) is 0 Å². The number of amides is 2. The van der Waals surface area contributed by atoms with E-state index < -0.39 is 24.4 Å². The Hall–Kier alpha value is -4.32. The number of hydrogen-bond donors (Lipinski definition) is 3. The highest BCUT2D eigenvalue weighted by atomic mass is 16.6. The van der Waals surface area contributed by atoms with Crippen molar-refractivity contribution in [2.75, 3.05) is 19.6 Å². The van der Waals surface area contributed by atoms with E-state index in [2.05, 4.69) is 15.6 Å². The Balaban J connectivity index is 1.28. The van der Waals surface area contributed by atoms with E-state index in [0.29, 0.717) is 25.1 Å². The minimum absolute atomic E-state index is 0.0835. The predicted octanol–water partition coefficient (Wildman–Crippen LogP) is 2.05. The van der Waals surface area contributed by atoms with Crippen molar-refractivity contribution in [2.24, 2.45) is 12.8 Å². The van der Waals surface area contributed by atoms with Crippen molar-refractivity contribution in [1.82, 2.24) is 30.1 Å². The molecule has 0 spiro atoms. The normalized spacial score (nSPS) is 16.9. The number of rotatable bonds is 9. The van der Waals surface area contributed by atoms with Crippen LogP contribution in [0, 0.1) is 0 Å². The van der Waals surface area contributed by atoms with Crippen LogP contribution in [0.4, 0.5) is 4.79 Å². The van der Waals surface area contributed by atoms with Gasteiger partial charge in [0.2, 0.25) is 5.91 Å². The summed E-state index contributed by atoms with van der Waals surface area (Å²) < 4.78 is 7.22. The predicted molar refractivity (Wildman–Crippen MR) is 154 cm³/mol. The number of para-hydroxylation sites is 1. The Kier molecular flexibility index (Phi) is 8.88. The van der Waals surface area contributed by atoms with Gasteiger partial charge in [-0.25, -0.2) is 9.48 Å². The fraction of sp³-hybridized carbons (Fsp3) is 0.333. The number of aromatic nitrogens is 3. The van der Waals surface area contributed by atoms with Crippen LogP contribution in [0.5, 0.6) is 5.75 Å². The fourth-order valence-corrected chi connectivity index (χ4v) is 5.03. The number of ether oxygens (including phenoxy) is 1. The number of aryl methyl sites for hydroxylation is 2. The lowest BCUT2D eigenvalue weighted by molar-refractivity contribution is -0.141. The molecule has 11 heteroatoms. The molecule has 11 nitrogen and oxygen atoms in total. The molecule has 2 heterocycles. The van der Waals surface area contributed by atoms with Crippen LogP contribution in [0.3, 0.4) is 0 Å². The zero-order chi connectivity index (χ0) is 28.8. The molecule has 0 saturated carbocycles. The highest BCUT2D eigenvalue weighted by Gasteiger charge is 2.38. The molecule has 2 amide bonds. The third kappa shape index (κ3) is 6.88. The third-order valence-electron chi connectivity index (χ3n) is 7.37. The molecular weight excluding hydrogens is 522 g/mol. The minimum atomic E-state index is -1.13. The number of nitrogens with two attached hydrogens (primary N) is 1. The quantitative estimate of drug-likeness (QED) is 0.266. The zero-order valence-electron chi connectivity index (χ0n) is 23.0. The molecule has 3 atom stereocenters. The van der Waals surface area contributed by atoms with E-state index in [1.54, 1.807) is 33.8 Å². The standard InChI is InChI=1S/C30H35N7O4/c1-35-26-15-13-22(18-25(26)33-34-35)19-32-28(38)27-20-36(30(40)41-23-10-6-3-7-11-23)16-17-37(27)29(39)24(31)14-12-21-8-4-2-5-9-21/h2-11,13,15,18,24,27-28,32,38H,12,14,16-17,19-20,31H2,1H3. The number of nitrogens with zero attached hydrogens (tertiary/aromatic N) is 5. The van der Waals surface area contributed by atoms with Crippen molar-refractivity contribution >= 4 is 23.0 Å². The van der Waals surface area contributed by atoms with E-state index in [0.717, 1.165) is 22.2 Å². The van der Waals surface area contributed by atoms with Gasteiger partial charge in [0.25, 0.3) is 0 Å². The summed E-state index contributed by atoms with van der Waals surface area (Å²) in [7, 11) is 1.82. The van der Waals surface area contributed by atoms with E-state index in [1.165, 1.54) is 4.90 Å². The van der Waals surface area contributed by atoms with Crippen molar-refractivity contribution in [3.8, 4) is 5.75 Å². The molecule has 0 radical (unpaired) electrons. The highest BCUT2D eigenvalue weighted by Crippen LogP contribution is 2.19. The molecule has 1 aliphatic heterocycles. The van der Waals surface area contributed by atoms with Crippen LogP contribution >= 0.6 is 0 Å². The van der Waals surface area contributed by atoms with Gasteiger partial charge in [-0.15, -0.1) is 5.10 Å². The minimum Gasteiger partial charge on any atom is -0.410 e. The molecular formula is C30H35N7O4. The van der Waals surface area contributed by atoms with Gasteiger partial charge in [0.1, 0.15) is 17.5 Å². The van der Waals surface area contributed by atoms with Gasteiger partial charge in [0, 0.05) is 33.2 Å². The molecule has 4 aromatic rings. The maximum Gasteiger partial charge on any atom is 0.415 e. The Labute approximate surface area is 238 Å². The smallest absolute Gasteiger partial charge is 0.410 e. The van der Waals surface area contributed by atoms with Crippen molar-refractivity contribution in [3.63, 3.8) is 0 Å². The first kappa shape index (κ1) is 28.2. The molecule has 0 bridgehead atoms. The molecule has 1 fully saturated rings. The zero-order valence-corrected chi connectivity index (χ0v) is 23.0. The summed E-state index contributed by atoms with van der Waals surface area (Å²) in [5.74, 6) is 0.164. The van der Waals surface area contributed by atoms with Gasteiger partial charge >= 0.3 is 6.09 Å². The molecule has 214 valence electrons. The van der Waals surface area contributed by atoms with Crippen LogP contribution in [0.25, 0.3) is 11.0 Å². The number of nitrogens with one attached hydrogen (secondary N) is 1. The van der Waals surface area contributed by atoms with E-state index in [-0.39, 0.29) is 25.5 Å². The Morgan fingerprint density at radius 2 is 1.78 bits per heavy atom. The summed E-state index contributed by atoms with van der Waals surface area (Å²) >= 11 is 0. The largest absolute Gasteiger partial charge is 0.415 e. The summed E-state index contributed by atoms with van der Waals surface area (Å²) in [6.45, 7) is 0.882. The molecule has 0 aliphatic carbocycles. The lowest BCUT2D eigenvalue weighted by Crippen LogP contribution is -2.65. The third-order valence-corrected chi connectivity index (χ3v) is 7.37. The second-order valence-corrected chi connectivity index (χ2v) is 10.2. The van der Waals surface area contributed by atoms with Gasteiger partial charge in [-0.2, -0.15) is 0 Å². The number of fused-ring (bicyclic) bond motifs is 1. The number of piperazine rings is 1. The summed E-state index contributed by atoms with van der Waals surface area (Å²) in [4.78, 5) is 29.6. The summed E-state index contributed by atoms with van der Waals surface area (Å²) in [5.41, 5.74) is 10.00. The van der Waals surface area contributed by atoms with Crippen LogP contribution in [0.15, 0.2) is 78.9 Å². The lowest BCUT2D eigenvalue weighted by Gasteiger charge is -2.43. The number of aliphatic hydroxyl groups is 1. The number of hydrogen-bond acceptors (Lipinski definition) is 8. The molecule has 4 N–H and O–H groups in total. The second kappa shape index (κ2) is 12.9. The topological polar surface area (TPSA) is 139 Å². The number of carbonyl (C=O) groups is 2. The Morgan fingerprint density at radius 3 is 2.54 bits per heavy atom. The van der Waals surface area contributed by atoms with Gasteiger partial charge in [0.05, 0.1) is 17.6 Å². The van der Waals surface area contributed by atoms with Crippen LogP contribution in [0.2, 0.25) is 0 Å². The van der Waals surface area contributed by atoms with Gasteiger partial charge in [-0.3, -0.25) is 10.1 Å². The summed E-state index contributed by atoms with van der Waals surface area (Å²) in [5, 5.41) is 22.6. The van der Waals surface area contributed by atoms with E-state index in [1.807, 2.05) is 61.6 Å². The maximum atomic E-state index is 13.5. The van der Waals surface area contributed by atoms with Gasteiger partial charge in [-0.1, -0.05) is 59.8 Å².